The summed E-state index contributed by atoms with van der Waals surface area (Å²) in [5.74, 6) is -0.891. The summed E-state index contributed by atoms with van der Waals surface area (Å²) in [5, 5.41) is 23.0. The number of carbonyl (C=O) groups excluding carboxylic acids is 1. The molecule has 1 aliphatic carbocycles. The fourth-order valence-electron chi connectivity index (χ4n) is 1.75. The lowest BCUT2D eigenvalue weighted by Gasteiger charge is -2.12. The molecule has 0 aliphatic heterocycles. The molecule has 0 saturated heterocycles. The van der Waals surface area contributed by atoms with Crippen LogP contribution in [0.15, 0.2) is 22.7 Å². The van der Waals surface area contributed by atoms with Crippen molar-refractivity contribution in [3.8, 4) is 6.07 Å². The van der Waals surface area contributed by atoms with E-state index in [1.807, 2.05) is 6.07 Å². The summed E-state index contributed by atoms with van der Waals surface area (Å²) < 4.78 is 0.732. The van der Waals surface area contributed by atoms with E-state index in [-0.39, 0.29) is 6.54 Å². The van der Waals surface area contributed by atoms with Crippen molar-refractivity contribution >= 4 is 33.6 Å². The van der Waals surface area contributed by atoms with E-state index < -0.39 is 17.4 Å². The third kappa shape index (κ3) is 3.08. The number of amides is 2. The Morgan fingerprint density at radius 2 is 2.15 bits per heavy atom. The molecule has 0 unspecified atom stereocenters. The van der Waals surface area contributed by atoms with Crippen LogP contribution in [0.1, 0.15) is 18.4 Å². The maximum Gasteiger partial charge on any atom is 0.319 e. The van der Waals surface area contributed by atoms with Crippen molar-refractivity contribution in [2.45, 2.75) is 12.8 Å². The number of nitrogens with one attached hydrogen (secondary N) is 2. The Morgan fingerprint density at radius 1 is 1.45 bits per heavy atom. The first kappa shape index (κ1) is 14.3. The van der Waals surface area contributed by atoms with E-state index in [1.165, 1.54) is 0 Å². The smallest absolute Gasteiger partial charge is 0.319 e. The SMILES string of the molecule is N#Cc1ccc(Br)cc1NC(=O)NCC1(C(=O)O)CC1. The van der Waals surface area contributed by atoms with Crippen molar-refractivity contribution in [3.05, 3.63) is 28.2 Å². The molecule has 0 bridgehead atoms. The van der Waals surface area contributed by atoms with E-state index in [9.17, 15) is 9.59 Å². The van der Waals surface area contributed by atoms with Crippen LogP contribution in [0.25, 0.3) is 0 Å². The third-order valence-electron chi connectivity index (χ3n) is 3.24. The largest absolute Gasteiger partial charge is 0.481 e. The molecule has 0 spiro atoms. The fraction of sp³-hybridized carbons (Fsp3) is 0.308. The summed E-state index contributed by atoms with van der Waals surface area (Å²) in [7, 11) is 0. The molecular weight excluding hydrogens is 326 g/mol. The number of rotatable bonds is 4. The van der Waals surface area contributed by atoms with Gasteiger partial charge in [0.15, 0.2) is 0 Å². The van der Waals surface area contributed by atoms with Crippen LogP contribution < -0.4 is 10.6 Å². The number of hydrogen-bond donors (Lipinski definition) is 3. The van der Waals surface area contributed by atoms with E-state index in [1.54, 1.807) is 18.2 Å². The molecule has 0 aromatic heterocycles. The van der Waals surface area contributed by atoms with Gasteiger partial charge in [0.05, 0.1) is 16.7 Å². The molecule has 0 atom stereocenters. The molecule has 6 nitrogen and oxygen atoms in total. The third-order valence-corrected chi connectivity index (χ3v) is 3.74. The molecule has 3 N–H and O–H groups in total. The highest BCUT2D eigenvalue weighted by Gasteiger charge is 2.50. The molecular formula is C13H12BrN3O3. The van der Waals surface area contributed by atoms with Gasteiger partial charge in [-0.05, 0) is 31.0 Å². The van der Waals surface area contributed by atoms with Crippen molar-refractivity contribution in [3.63, 3.8) is 0 Å². The Morgan fingerprint density at radius 3 is 2.70 bits per heavy atom. The first-order chi connectivity index (χ1) is 9.47. The van der Waals surface area contributed by atoms with Gasteiger partial charge in [0.25, 0.3) is 0 Å². The zero-order valence-corrected chi connectivity index (χ0v) is 12.0. The van der Waals surface area contributed by atoms with Gasteiger partial charge >= 0.3 is 12.0 Å². The molecule has 104 valence electrons. The van der Waals surface area contributed by atoms with Crippen LogP contribution in [0.4, 0.5) is 10.5 Å². The maximum absolute atomic E-state index is 11.7. The van der Waals surface area contributed by atoms with Crippen LogP contribution in [-0.2, 0) is 4.79 Å². The van der Waals surface area contributed by atoms with Crippen LogP contribution in [0.2, 0.25) is 0 Å². The lowest BCUT2D eigenvalue weighted by molar-refractivity contribution is -0.143. The van der Waals surface area contributed by atoms with Gasteiger partial charge in [0.2, 0.25) is 0 Å². The average Bonchev–Trinajstić information content (AvgIpc) is 3.18. The number of carbonyl (C=O) groups is 2. The second kappa shape index (κ2) is 5.51. The number of hydrogen-bond acceptors (Lipinski definition) is 3. The first-order valence-corrected chi connectivity index (χ1v) is 6.74. The van der Waals surface area contributed by atoms with Crippen molar-refractivity contribution in [2.24, 2.45) is 5.41 Å². The molecule has 0 heterocycles. The molecule has 0 radical (unpaired) electrons. The van der Waals surface area contributed by atoms with Crippen LogP contribution in [-0.4, -0.2) is 23.7 Å². The molecule has 1 fully saturated rings. The van der Waals surface area contributed by atoms with Crippen molar-refractivity contribution in [1.82, 2.24) is 5.32 Å². The number of nitriles is 1. The highest BCUT2D eigenvalue weighted by molar-refractivity contribution is 9.10. The van der Waals surface area contributed by atoms with E-state index in [0.29, 0.717) is 24.1 Å². The van der Waals surface area contributed by atoms with Gasteiger partial charge < -0.3 is 15.7 Å². The van der Waals surface area contributed by atoms with Crippen molar-refractivity contribution in [2.75, 3.05) is 11.9 Å². The van der Waals surface area contributed by atoms with E-state index in [2.05, 4.69) is 26.6 Å². The van der Waals surface area contributed by atoms with Crippen LogP contribution in [0.3, 0.4) is 0 Å². The summed E-state index contributed by atoms with van der Waals surface area (Å²) in [6.07, 6.45) is 1.14. The number of halogens is 1. The number of urea groups is 1. The summed E-state index contributed by atoms with van der Waals surface area (Å²) in [6, 6.07) is 6.35. The van der Waals surface area contributed by atoms with Crippen molar-refractivity contribution < 1.29 is 14.7 Å². The van der Waals surface area contributed by atoms with E-state index in [0.717, 1.165) is 4.47 Å². The number of anilines is 1. The number of benzene rings is 1. The van der Waals surface area contributed by atoms with Gasteiger partial charge in [-0.1, -0.05) is 15.9 Å². The number of carboxylic acids is 1. The Balaban J connectivity index is 1.97. The maximum atomic E-state index is 11.7. The van der Waals surface area contributed by atoms with Gasteiger partial charge in [-0.15, -0.1) is 0 Å². The molecule has 1 saturated carbocycles. The lowest BCUT2D eigenvalue weighted by atomic mass is 10.1. The molecule has 1 aliphatic rings. The Labute approximate surface area is 123 Å². The van der Waals surface area contributed by atoms with Gasteiger partial charge in [0.1, 0.15) is 6.07 Å². The fourth-order valence-corrected chi connectivity index (χ4v) is 2.11. The molecule has 2 rings (SSSR count). The summed E-state index contributed by atoms with van der Waals surface area (Å²) in [6.45, 7) is 0.0874. The lowest BCUT2D eigenvalue weighted by Crippen LogP contribution is -2.36. The van der Waals surface area contributed by atoms with E-state index in [4.69, 9.17) is 10.4 Å². The molecule has 1 aromatic rings. The summed E-state index contributed by atoms with van der Waals surface area (Å²) in [4.78, 5) is 22.7. The molecule has 20 heavy (non-hydrogen) atoms. The first-order valence-electron chi connectivity index (χ1n) is 5.95. The Hall–Kier alpha value is -2.07. The van der Waals surface area contributed by atoms with Crippen molar-refractivity contribution in [1.29, 1.82) is 5.26 Å². The zero-order valence-electron chi connectivity index (χ0n) is 10.4. The van der Waals surface area contributed by atoms with Crippen LogP contribution in [0.5, 0.6) is 0 Å². The predicted octanol–water partition coefficient (Wildman–Crippen LogP) is 2.31. The average molecular weight is 338 g/mol. The second-order valence-corrected chi connectivity index (χ2v) is 5.61. The molecule has 1 aromatic carbocycles. The normalized spacial score (nSPS) is 15.0. The van der Waals surface area contributed by atoms with Crippen LogP contribution in [0, 0.1) is 16.7 Å². The number of carboxylic acid groups (broad SMARTS) is 1. The Kier molecular flexibility index (Phi) is 3.95. The topological polar surface area (TPSA) is 102 Å². The summed E-state index contributed by atoms with van der Waals surface area (Å²) >= 11 is 3.26. The number of aliphatic carboxylic acids is 1. The highest BCUT2D eigenvalue weighted by atomic mass is 79.9. The monoisotopic (exact) mass is 337 g/mol. The summed E-state index contributed by atoms with van der Waals surface area (Å²) in [5.41, 5.74) is -0.102. The van der Waals surface area contributed by atoms with Gasteiger partial charge in [-0.3, -0.25) is 4.79 Å². The standard InChI is InChI=1S/C13H12BrN3O3/c14-9-2-1-8(6-15)10(5-9)17-12(20)16-7-13(3-4-13)11(18)19/h1-2,5H,3-4,7H2,(H,18,19)(H2,16,17,20). The zero-order chi connectivity index (χ0) is 14.8. The Bertz CT molecular complexity index is 605. The minimum atomic E-state index is -0.891. The van der Waals surface area contributed by atoms with Crippen LogP contribution >= 0.6 is 15.9 Å². The molecule has 2 amide bonds. The van der Waals surface area contributed by atoms with E-state index >= 15 is 0 Å². The number of nitrogens with zero attached hydrogens (tertiary/aromatic N) is 1. The predicted molar refractivity (Wildman–Crippen MR) is 75.2 cm³/mol. The minimum Gasteiger partial charge on any atom is -0.481 e. The minimum absolute atomic E-state index is 0.0874. The second-order valence-electron chi connectivity index (χ2n) is 4.69. The van der Waals surface area contributed by atoms with Gasteiger partial charge in [0, 0.05) is 11.0 Å². The molecule has 7 heteroatoms. The quantitative estimate of drug-likeness (QED) is 0.784. The highest BCUT2D eigenvalue weighted by Crippen LogP contribution is 2.45. The van der Waals surface area contributed by atoms with Gasteiger partial charge in [-0.25, -0.2) is 4.79 Å². The van der Waals surface area contributed by atoms with Gasteiger partial charge in [-0.2, -0.15) is 5.26 Å².